The number of nitrogens with two attached hydrogens (primary N) is 1. The van der Waals surface area contributed by atoms with Crippen molar-refractivity contribution in [2.24, 2.45) is 17.6 Å². The van der Waals surface area contributed by atoms with E-state index >= 15 is 0 Å². The van der Waals surface area contributed by atoms with Gasteiger partial charge < -0.3 is 5.73 Å². The minimum atomic E-state index is -0.186. The molecule has 1 rings (SSSR count). The van der Waals surface area contributed by atoms with Crippen molar-refractivity contribution >= 4 is 11.8 Å². The van der Waals surface area contributed by atoms with Crippen molar-refractivity contribution in [2.75, 3.05) is 13.1 Å². The Bertz CT molecular complexity index is 253. The standard InChI is InChI=1S/C10H16N2O2/c1-7-8(2)10(14)12(9(7)13)6-4-3-5-11/h3-4,7-8H,5-6,11H2,1-2H3/b4-3+. The quantitative estimate of drug-likeness (QED) is 0.516. The molecule has 4 nitrogen and oxygen atoms in total. The van der Waals surface area contributed by atoms with E-state index in [9.17, 15) is 9.59 Å². The van der Waals surface area contributed by atoms with E-state index in [0.29, 0.717) is 13.1 Å². The highest BCUT2D eigenvalue weighted by molar-refractivity contribution is 6.04. The lowest BCUT2D eigenvalue weighted by Crippen LogP contribution is -2.31. The van der Waals surface area contributed by atoms with E-state index in [4.69, 9.17) is 5.73 Å². The molecular formula is C10H16N2O2. The first-order valence-corrected chi connectivity index (χ1v) is 4.80. The smallest absolute Gasteiger partial charge is 0.233 e. The number of imide groups is 1. The Labute approximate surface area is 83.8 Å². The molecule has 1 aliphatic heterocycles. The van der Waals surface area contributed by atoms with Gasteiger partial charge in [-0.2, -0.15) is 0 Å². The lowest BCUT2D eigenvalue weighted by Gasteiger charge is -2.10. The normalized spacial score (nSPS) is 28.1. The molecule has 0 aromatic carbocycles. The number of hydrogen-bond acceptors (Lipinski definition) is 3. The maximum absolute atomic E-state index is 11.6. The number of nitrogens with zero attached hydrogens (tertiary/aromatic N) is 1. The minimum Gasteiger partial charge on any atom is -0.327 e. The number of carbonyl (C=O) groups excluding carboxylic acids is 2. The third-order valence-electron chi connectivity index (χ3n) is 2.65. The summed E-state index contributed by atoms with van der Waals surface area (Å²) in [7, 11) is 0. The van der Waals surface area contributed by atoms with E-state index in [-0.39, 0.29) is 23.7 Å². The molecule has 1 heterocycles. The van der Waals surface area contributed by atoms with E-state index in [1.54, 1.807) is 26.0 Å². The summed E-state index contributed by atoms with van der Waals surface area (Å²) < 4.78 is 0. The van der Waals surface area contributed by atoms with Crippen molar-refractivity contribution in [3.63, 3.8) is 0 Å². The van der Waals surface area contributed by atoms with Crippen molar-refractivity contribution < 1.29 is 9.59 Å². The number of rotatable bonds is 3. The summed E-state index contributed by atoms with van der Waals surface area (Å²) in [5.74, 6) is -0.532. The van der Waals surface area contributed by atoms with Crippen LogP contribution in [0, 0.1) is 11.8 Å². The maximum Gasteiger partial charge on any atom is 0.233 e. The fourth-order valence-electron chi connectivity index (χ4n) is 1.48. The summed E-state index contributed by atoms with van der Waals surface area (Å²) in [5, 5.41) is 0. The molecule has 2 unspecified atom stereocenters. The van der Waals surface area contributed by atoms with Crippen molar-refractivity contribution in [2.45, 2.75) is 13.8 Å². The topological polar surface area (TPSA) is 63.4 Å². The molecule has 4 heteroatoms. The molecule has 0 bridgehead atoms. The Morgan fingerprint density at radius 3 is 2.14 bits per heavy atom. The van der Waals surface area contributed by atoms with Crippen LogP contribution in [0.1, 0.15) is 13.8 Å². The highest BCUT2D eigenvalue weighted by Gasteiger charge is 2.41. The molecule has 2 atom stereocenters. The number of amides is 2. The fourth-order valence-corrected chi connectivity index (χ4v) is 1.48. The van der Waals surface area contributed by atoms with E-state index in [1.807, 2.05) is 0 Å². The van der Waals surface area contributed by atoms with E-state index in [1.165, 1.54) is 4.90 Å². The number of carbonyl (C=O) groups is 2. The first-order chi connectivity index (χ1) is 6.59. The van der Waals surface area contributed by atoms with Gasteiger partial charge in [0.2, 0.25) is 11.8 Å². The molecule has 78 valence electrons. The van der Waals surface area contributed by atoms with Gasteiger partial charge in [-0.3, -0.25) is 14.5 Å². The molecule has 2 amide bonds. The van der Waals surface area contributed by atoms with Gasteiger partial charge in [0.25, 0.3) is 0 Å². The Kier molecular flexibility index (Phi) is 3.41. The summed E-state index contributed by atoms with van der Waals surface area (Å²) in [5.41, 5.74) is 5.26. The van der Waals surface area contributed by atoms with Crippen LogP contribution in [0.4, 0.5) is 0 Å². The Morgan fingerprint density at radius 2 is 1.71 bits per heavy atom. The van der Waals surface area contributed by atoms with Crippen LogP contribution in [0.25, 0.3) is 0 Å². The van der Waals surface area contributed by atoms with Gasteiger partial charge in [0, 0.05) is 24.9 Å². The molecule has 1 aliphatic rings. The Hall–Kier alpha value is -1.16. The number of hydrogen-bond donors (Lipinski definition) is 1. The summed E-state index contributed by atoms with van der Waals surface area (Å²) >= 11 is 0. The lowest BCUT2D eigenvalue weighted by atomic mass is 10.00. The first kappa shape index (κ1) is 10.9. The largest absolute Gasteiger partial charge is 0.327 e. The molecular weight excluding hydrogens is 180 g/mol. The van der Waals surface area contributed by atoms with Crippen LogP contribution in [0.15, 0.2) is 12.2 Å². The van der Waals surface area contributed by atoms with Gasteiger partial charge in [0.05, 0.1) is 0 Å². The SMILES string of the molecule is CC1C(=O)N(C/C=C/CN)C(=O)C1C. The van der Waals surface area contributed by atoms with Gasteiger partial charge in [0.15, 0.2) is 0 Å². The summed E-state index contributed by atoms with van der Waals surface area (Å²) in [6.07, 6.45) is 3.49. The maximum atomic E-state index is 11.6. The van der Waals surface area contributed by atoms with Crippen molar-refractivity contribution in [1.82, 2.24) is 4.90 Å². The van der Waals surface area contributed by atoms with E-state index in [0.717, 1.165) is 0 Å². The third kappa shape index (κ3) is 1.85. The van der Waals surface area contributed by atoms with Gasteiger partial charge in [-0.1, -0.05) is 26.0 Å². The van der Waals surface area contributed by atoms with Crippen LogP contribution in [0.5, 0.6) is 0 Å². The average Bonchev–Trinajstić information content (AvgIpc) is 2.35. The van der Waals surface area contributed by atoms with Crippen LogP contribution in [0.2, 0.25) is 0 Å². The zero-order chi connectivity index (χ0) is 10.7. The molecule has 0 aromatic heterocycles. The van der Waals surface area contributed by atoms with Crippen LogP contribution in [0.3, 0.4) is 0 Å². The molecule has 1 fully saturated rings. The van der Waals surface area contributed by atoms with Crippen molar-refractivity contribution in [3.05, 3.63) is 12.2 Å². The zero-order valence-corrected chi connectivity index (χ0v) is 8.56. The zero-order valence-electron chi connectivity index (χ0n) is 8.56. The summed E-state index contributed by atoms with van der Waals surface area (Å²) in [6, 6.07) is 0. The monoisotopic (exact) mass is 196 g/mol. The van der Waals surface area contributed by atoms with Gasteiger partial charge in [0.1, 0.15) is 0 Å². The van der Waals surface area contributed by atoms with Crippen molar-refractivity contribution in [1.29, 1.82) is 0 Å². The third-order valence-corrected chi connectivity index (χ3v) is 2.65. The molecule has 1 saturated heterocycles. The van der Waals surface area contributed by atoms with Crippen LogP contribution in [-0.4, -0.2) is 29.8 Å². The second kappa shape index (κ2) is 4.37. The van der Waals surface area contributed by atoms with E-state index < -0.39 is 0 Å². The summed E-state index contributed by atoms with van der Waals surface area (Å²) in [6.45, 7) is 4.36. The second-order valence-corrected chi connectivity index (χ2v) is 3.57. The Balaban J connectivity index is 2.66. The predicted octanol–water partition coefficient (Wildman–Crippen LogP) is 0.142. The molecule has 0 radical (unpaired) electrons. The minimum absolute atomic E-state index is 0.0795. The fraction of sp³-hybridized carbons (Fsp3) is 0.600. The molecule has 0 aliphatic carbocycles. The Morgan fingerprint density at radius 1 is 1.21 bits per heavy atom. The van der Waals surface area contributed by atoms with Gasteiger partial charge in [-0.25, -0.2) is 0 Å². The second-order valence-electron chi connectivity index (χ2n) is 3.57. The van der Waals surface area contributed by atoms with Crippen LogP contribution in [-0.2, 0) is 9.59 Å². The predicted molar refractivity (Wildman–Crippen MR) is 53.2 cm³/mol. The molecule has 0 saturated carbocycles. The van der Waals surface area contributed by atoms with Gasteiger partial charge in [-0.05, 0) is 0 Å². The molecule has 0 aromatic rings. The highest BCUT2D eigenvalue weighted by atomic mass is 16.2. The molecule has 14 heavy (non-hydrogen) atoms. The van der Waals surface area contributed by atoms with Crippen LogP contribution < -0.4 is 5.73 Å². The molecule has 2 N–H and O–H groups in total. The van der Waals surface area contributed by atoms with E-state index in [2.05, 4.69) is 0 Å². The first-order valence-electron chi connectivity index (χ1n) is 4.80. The van der Waals surface area contributed by atoms with Crippen LogP contribution >= 0.6 is 0 Å². The van der Waals surface area contributed by atoms with Crippen molar-refractivity contribution in [3.8, 4) is 0 Å². The number of likely N-dealkylation sites (tertiary alicyclic amines) is 1. The average molecular weight is 196 g/mol. The lowest BCUT2D eigenvalue weighted by molar-refractivity contribution is -0.139. The van der Waals surface area contributed by atoms with Gasteiger partial charge >= 0.3 is 0 Å². The molecule has 0 spiro atoms. The summed E-state index contributed by atoms with van der Waals surface area (Å²) in [4.78, 5) is 24.4. The van der Waals surface area contributed by atoms with Gasteiger partial charge in [-0.15, -0.1) is 0 Å². The highest BCUT2D eigenvalue weighted by Crippen LogP contribution is 2.24.